The van der Waals surface area contributed by atoms with E-state index in [-0.39, 0.29) is 42.4 Å². The van der Waals surface area contributed by atoms with Crippen molar-refractivity contribution in [2.75, 3.05) is 0 Å². The molecule has 2 radical (unpaired) electrons. The fourth-order valence-corrected chi connectivity index (χ4v) is 18.7. The summed E-state index contributed by atoms with van der Waals surface area (Å²) < 4.78 is 0. The van der Waals surface area contributed by atoms with Crippen LogP contribution in [0.5, 0.6) is 0 Å². The Morgan fingerprint density at radius 3 is 1.22 bits per heavy atom. The summed E-state index contributed by atoms with van der Waals surface area (Å²) in [5.41, 5.74) is 7.11. The molecule has 0 aromatic rings. The standard InChI is InChI=1S/C15H27NSi.C7H19Si2.Lu/c1-10-11(2)13(4)14(12(10)3)17(8,9)16-15(5,6)7;1-8(2,3)7-9(4,5)6;/h1-9H3;7H,1-6H3;/q2*-1;. The van der Waals surface area contributed by atoms with E-state index in [4.69, 9.17) is 4.98 Å². The van der Waals surface area contributed by atoms with Gasteiger partial charge in [-0.1, -0.05) is 96.4 Å². The summed E-state index contributed by atoms with van der Waals surface area (Å²) in [6.07, 6.45) is 0. The first kappa shape index (κ1) is 30.5. The van der Waals surface area contributed by atoms with Gasteiger partial charge in [0.2, 0.25) is 0 Å². The van der Waals surface area contributed by atoms with Crippen molar-refractivity contribution < 1.29 is 36.9 Å². The fraction of sp³-hybridized carbons (Fsp3) is 0.727. The van der Waals surface area contributed by atoms with Gasteiger partial charge in [0.15, 0.2) is 0 Å². The second-order valence-corrected chi connectivity index (χ2v) is 26.1. The van der Waals surface area contributed by atoms with Crippen LogP contribution in [0.4, 0.5) is 0 Å². The van der Waals surface area contributed by atoms with Crippen molar-refractivity contribution in [2.45, 2.75) is 106 Å². The summed E-state index contributed by atoms with van der Waals surface area (Å²) in [7, 11) is -3.40. The van der Waals surface area contributed by atoms with E-state index < -0.39 is 24.4 Å². The predicted octanol–water partition coefficient (Wildman–Crippen LogP) is 8.11. The van der Waals surface area contributed by atoms with Crippen LogP contribution >= 0.6 is 0 Å². The molecule has 0 bridgehead atoms. The van der Waals surface area contributed by atoms with Gasteiger partial charge in [0, 0.05) is 42.8 Å². The monoisotopic (exact) mass is 583 g/mol. The first-order chi connectivity index (χ1) is 11.2. The molecular weight excluding hydrogens is 537 g/mol. The zero-order chi connectivity index (χ0) is 21.3. The van der Waals surface area contributed by atoms with Gasteiger partial charge in [0.1, 0.15) is 0 Å². The maximum atomic E-state index is 5.13. The molecule has 0 spiro atoms. The topological polar surface area (TPSA) is 14.1 Å². The zero-order valence-electron chi connectivity index (χ0n) is 20.8. The van der Waals surface area contributed by atoms with E-state index in [1.54, 1.807) is 5.20 Å². The van der Waals surface area contributed by atoms with E-state index in [2.05, 4.69) is 107 Å². The maximum absolute atomic E-state index is 5.13. The van der Waals surface area contributed by atoms with Gasteiger partial charge in [-0.05, 0) is 34.6 Å². The Labute approximate surface area is 204 Å². The molecule has 0 saturated heterocycles. The SMILES string of the molecule is C[C]1C(C)=C(C)C(C)=C1[Si](C)(C)[N-]C(C)(C)C.C[Si](C)(C)[CH-][Si](C)(C)C.[Lu]. The Bertz CT molecular complexity index is 544. The van der Waals surface area contributed by atoms with Crippen molar-refractivity contribution in [3.63, 3.8) is 0 Å². The molecule has 0 saturated carbocycles. The van der Waals surface area contributed by atoms with Gasteiger partial charge in [-0.2, -0.15) is 0 Å². The van der Waals surface area contributed by atoms with Gasteiger partial charge in [-0.3, -0.25) is 0 Å². The summed E-state index contributed by atoms with van der Waals surface area (Å²) in [6.45, 7) is 34.8. The smallest absolute Gasteiger partial charge is 0.0173 e. The first-order valence-electron chi connectivity index (χ1n) is 10.0. The molecule has 1 aliphatic carbocycles. The molecular formula is C22H46LuNSi3-2. The van der Waals surface area contributed by atoms with Gasteiger partial charge in [-0.25, -0.2) is 0 Å². The Kier molecular flexibility index (Phi) is 11.9. The molecule has 0 fully saturated rings. The minimum Gasteiger partial charge on any atom is -0.656 e. The molecule has 1 aliphatic rings. The first-order valence-corrected chi connectivity index (χ1v) is 20.1. The minimum absolute atomic E-state index is 0. The summed E-state index contributed by atoms with van der Waals surface area (Å²) >= 11 is 0. The molecule has 0 amide bonds. The molecule has 0 heterocycles. The number of nitrogens with zero attached hydrogens (tertiary/aromatic N) is 1. The fourth-order valence-electron chi connectivity index (χ4n) is 4.33. The molecule has 1 rings (SSSR count). The van der Waals surface area contributed by atoms with Crippen LogP contribution in [0.3, 0.4) is 0 Å². The van der Waals surface area contributed by atoms with E-state index in [9.17, 15) is 0 Å². The molecule has 1 nitrogen and oxygen atoms in total. The number of hydrogen-bond acceptors (Lipinski definition) is 0. The second kappa shape index (κ2) is 10.6. The van der Waals surface area contributed by atoms with Crippen LogP contribution in [0.2, 0.25) is 52.4 Å². The van der Waals surface area contributed by atoms with Crippen LogP contribution in [0.1, 0.15) is 48.5 Å². The Morgan fingerprint density at radius 2 is 1.04 bits per heavy atom. The Hall–Kier alpha value is 1.32. The van der Waals surface area contributed by atoms with E-state index >= 15 is 0 Å². The molecule has 0 N–H and O–H groups in total. The van der Waals surface area contributed by atoms with Gasteiger partial charge < -0.3 is 10.6 Å². The Balaban J connectivity index is 0. The minimum atomic E-state index is -1.69. The van der Waals surface area contributed by atoms with Crippen molar-refractivity contribution in [3.8, 4) is 0 Å². The summed E-state index contributed by atoms with van der Waals surface area (Å²) in [4.78, 5) is 5.13. The third-order valence-corrected chi connectivity index (χ3v) is 14.7. The average Bonchev–Trinajstić information content (AvgIpc) is 2.46. The third kappa shape index (κ3) is 11.3. The molecule has 0 atom stereocenters. The van der Waals surface area contributed by atoms with Gasteiger partial charge in [-0.15, -0.1) is 21.7 Å². The van der Waals surface area contributed by atoms with Crippen molar-refractivity contribution in [3.05, 3.63) is 38.5 Å². The summed E-state index contributed by atoms with van der Waals surface area (Å²) in [5.74, 6) is 1.48. The van der Waals surface area contributed by atoms with Crippen LogP contribution in [0.25, 0.3) is 4.98 Å². The normalized spacial score (nSPS) is 17.0. The predicted molar refractivity (Wildman–Crippen MR) is 132 cm³/mol. The van der Waals surface area contributed by atoms with E-state index in [0.29, 0.717) is 0 Å². The summed E-state index contributed by atoms with van der Waals surface area (Å²) in [5, 5.41) is 1.56. The van der Waals surface area contributed by atoms with Crippen molar-refractivity contribution in [2.24, 2.45) is 0 Å². The molecule has 5 heteroatoms. The summed E-state index contributed by atoms with van der Waals surface area (Å²) in [6, 6.07) is 0. The quantitative estimate of drug-likeness (QED) is 0.235. The molecule has 0 unspecified atom stereocenters. The van der Waals surface area contributed by atoms with Gasteiger partial charge in [0.05, 0.1) is 0 Å². The van der Waals surface area contributed by atoms with E-state index in [1.165, 1.54) is 22.6 Å². The third-order valence-electron chi connectivity index (χ3n) is 4.53. The molecule has 0 aromatic carbocycles. The average molecular weight is 584 g/mol. The molecule has 0 aliphatic heterocycles. The molecule has 0 aromatic heterocycles. The zero-order valence-corrected chi connectivity index (χ0v) is 25.4. The van der Waals surface area contributed by atoms with Crippen LogP contribution in [0.15, 0.2) is 21.9 Å². The largest absolute Gasteiger partial charge is 0.656 e. The van der Waals surface area contributed by atoms with Gasteiger partial charge >= 0.3 is 0 Å². The second-order valence-electron chi connectivity index (χ2n) is 11.6. The van der Waals surface area contributed by atoms with Crippen molar-refractivity contribution in [1.82, 2.24) is 0 Å². The van der Waals surface area contributed by atoms with Gasteiger partial charge in [0.25, 0.3) is 0 Å². The van der Waals surface area contributed by atoms with E-state index in [0.717, 1.165) is 0 Å². The van der Waals surface area contributed by atoms with Crippen LogP contribution in [-0.4, -0.2) is 29.9 Å². The number of hydrogen-bond donors (Lipinski definition) is 0. The van der Waals surface area contributed by atoms with Crippen LogP contribution < -0.4 is 0 Å². The molecule has 27 heavy (non-hydrogen) atoms. The number of rotatable bonds is 4. The van der Waals surface area contributed by atoms with Crippen molar-refractivity contribution >= 4 is 24.4 Å². The van der Waals surface area contributed by atoms with Crippen molar-refractivity contribution in [1.29, 1.82) is 0 Å². The van der Waals surface area contributed by atoms with E-state index in [1.807, 2.05) is 0 Å². The number of allylic oxidation sites excluding steroid dienone is 4. The molecule has 168 valence electrons. The van der Waals surface area contributed by atoms with Crippen LogP contribution in [0, 0.1) is 48.5 Å². The maximum Gasteiger partial charge on any atom is 0.0173 e. The Morgan fingerprint density at radius 1 is 0.667 bits per heavy atom. The van der Waals surface area contributed by atoms with Crippen LogP contribution in [-0.2, 0) is 0 Å².